The van der Waals surface area contributed by atoms with E-state index in [0.717, 1.165) is 6.42 Å². The summed E-state index contributed by atoms with van der Waals surface area (Å²) in [6.07, 6.45) is 0.778. The van der Waals surface area contributed by atoms with Crippen LogP contribution in [-0.4, -0.2) is 25.8 Å². The van der Waals surface area contributed by atoms with Gasteiger partial charge in [-0.25, -0.2) is 4.79 Å². The zero-order chi connectivity index (χ0) is 16.5. The average Bonchev–Trinajstić information content (AvgIpc) is 3.32. The highest BCUT2D eigenvalue weighted by Crippen LogP contribution is 2.44. The fraction of sp³-hybridized carbons (Fsp3) is 0.350. The molecule has 0 aliphatic heterocycles. The first-order valence-corrected chi connectivity index (χ1v) is 8.57. The van der Waals surface area contributed by atoms with E-state index in [4.69, 9.17) is 10.5 Å². The minimum absolute atomic E-state index is 0.112. The molecule has 0 unspecified atom stereocenters. The Morgan fingerprint density at radius 2 is 1.67 bits per heavy atom. The van der Waals surface area contributed by atoms with Crippen LogP contribution >= 0.6 is 0 Å². The van der Waals surface area contributed by atoms with E-state index in [1.807, 2.05) is 12.1 Å². The van der Waals surface area contributed by atoms with Gasteiger partial charge in [0.15, 0.2) is 0 Å². The summed E-state index contributed by atoms with van der Waals surface area (Å²) in [4.78, 5) is 12.0. The van der Waals surface area contributed by atoms with E-state index in [1.54, 1.807) is 0 Å². The molecule has 3 N–H and O–H groups in total. The molecule has 0 radical (unpaired) electrons. The Bertz CT molecular complexity index is 713. The van der Waals surface area contributed by atoms with Gasteiger partial charge in [0.25, 0.3) is 0 Å². The minimum Gasteiger partial charge on any atom is -0.449 e. The maximum absolute atomic E-state index is 12.0. The molecule has 4 nitrogen and oxygen atoms in total. The first-order chi connectivity index (χ1) is 11.8. The number of amides is 1. The summed E-state index contributed by atoms with van der Waals surface area (Å²) in [5, 5.41) is 2.86. The van der Waals surface area contributed by atoms with Crippen LogP contribution in [0.2, 0.25) is 0 Å². The molecule has 2 aromatic rings. The average molecular weight is 322 g/mol. The Labute approximate surface area is 142 Å². The summed E-state index contributed by atoms with van der Waals surface area (Å²) < 4.78 is 5.51. The number of hydrogen-bond acceptors (Lipinski definition) is 3. The molecule has 2 atom stereocenters. The van der Waals surface area contributed by atoms with Crippen molar-refractivity contribution in [1.82, 2.24) is 5.32 Å². The largest absolute Gasteiger partial charge is 0.449 e. The SMILES string of the molecule is NC[C@H]1C[C@@H]1CNC(=O)OCC1c2ccccc2-c2ccccc21. The fourth-order valence-electron chi connectivity index (χ4n) is 3.71. The van der Waals surface area contributed by atoms with Crippen molar-refractivity contribution in [1.29, 1.82) is 0 Å². The minimum atomic E-state index is -0.334. The highest BCUT2D eigenvalue weighted by molar-refractivity contribution is 5.79. The lowest BCUT2D eigenvalue weighted by Crippen LogP contribution is -2.28. The predicted octanol–water partition coefficient (Wildman–Crippen LogP) is 3.12. The van der Waals surface area contributed by atoms with Crippen LogP contribution in [0, 0.1) is 11.8 Å². The zero-order valence-corrected chi connectivity index (χ0v) is 13.6. The molecule has 2 aliphatic rings. The molecule has 2 aromatic carbocycles. The Balaban J connectivity index is 1.40. The van der Waals surface area contributed by atoms with Gasteiger partial charge in [0.05, 0.1) is 0 Å². The highest BCUT2D eigenvalue weighted by atomic mass is 16.5. The van der Waals surface area contributed by atoms with Gasteiger partial charge in [-0.3, -0.25) is 0 Å². The van der Waals surface area contributed by atoms with Gasteiger partial charge in [0, 0.05) is 12.5 Å². The summed E-state index contributed by atoms with van der Waals surface area (Å²) >= 11 is 0. The molecule has 0 saturated heterocycles. The van der Waals surface area contributed by atoms with Crippen LogP contribution in [0.5, 0.6) is 0 Å². The molecular weight excluding hydrogens is 300 g/mol. The second-order valence-corrected chi connectivity index (χ2v) is 6.70. The highest BCUT2D eigenvalue weighted by Gasteiger charge is 2.35. The monoisotopic (exact) mass is 322 g/mol. The Morgan fingerprint density at radius 1 is 1.04 bits per heavy atom. The molecule has 4 rings (SSSR count). The summed E-state index contributed by atoms with van der Waals surface area (Å²) in [5.41, 5.74) is 10.6. The van der Waals surface area contributed by atoms with Crippen LogP contribution in [0.15, 0.2) is 48.5 Å². The first kappa shape index (κ1) is 15.2. The van der Waals surface area contributed by atoms with Crippen molar-refractivity contribution < 1.29 is 9.53 Å². The van der Waals surface area contributed by atoms with Crippen LogP contribution in [0.1, 0.15) is 23.5 Å². The van der Waals surface area contributed by atoms with Gasteiger partial charge in [-0.2, -0.15) is 0 Å². The number of benzene rings is 2. The summed E-state index contributed by atoms with van der Waals surface area (Å²) in [7, 11) is 0. The van der Waals surface area contributed by atoms with Crippen LogP contribution < -0.4 is 11.1 Å². The van der Waals surface area contributed by atoms with Gasteiger partial charge in [-0.05, 0) is 47.1 Å². The molecule has 124 valence electrons. The summed E-state index contributed by atoms with van der Waals surface area (Å²) in [6.45, 7) is 1.74. The van der Waals surface area contributed by atoms with E-state index in [0.29, 0.717) is 31.5 Å². The number of rotatable bonds is 5. The maximum atomic E-state index is 12.0. The van der Waals surface area contributed by atoms with Crippen molar-refractivity contribution in [3.63, 3.8) is 0 Å². The molecule has 0 spiro atoms. The van der Waals surface area contributed by atoms with Crippen LogP contribution in [-0.2, 0) is 4.74 Å². The Kier molecular flexibility index (Phi) is 3.98. The third-order valence-electron chi connectivity index (χ3n) is 5.22. The van der Waals surface area contributed by atoms with Crippen LogP contribution in [0.3, 0.4) is 0 Å². The third kappa shape index (κ3) is 2.78. The second kappa shape index (κ2) is 6.29. The first-order valence-electron chi connectivity index (χ1n) is 8.57. The van der Waals surface area contributed by atoms with Crippen molar-refractivity contribution in [2.75, 3.05) is 19.7 Å². The van der Waals surface area contributed by atoms with Crippen molar-refractivity contribution >= 4 is 6.09 Å². The van der Waals surface area contributed by atoms with Gasteiger partial charge in [-0.15, -0.1) is 0 Å². The number of alkyl carbamates (subject to hydrolysis) is 1. The molecule has 1 saturated carbocycles. The standard InChI is InChI=1S/C20H22N2O2/c21-10-13-9-14(13)11-22-20(23)24-12-19-17-7-3-1-5-15(17)16-6-2-4-8-18(16)19/h1-8,13-14,19H,9-12,21H2,(H,22,23)/t13-,14-/m1/s1. The molecule has 0 heterocycles. The number of ether oxygens (including phenoxy) is 1. The topological polar surface area (TPSA) is 64.3 Å². The number of fused-ring (bicyclic) bond motifs is 3. The normalized spacial score (nSPS) is 21.0. The van der Waals surface area contributed by atoms with Crippen molar-refractivity contribution in [3.05, 3.63) is 59.7 Å². The predicted molar refractivity (Wildman–Crippen MR) is 93.7 cm³/mol. The van der Waals surface area contributed by atoms with E-state index >= 15 is 0 Å². The van der Waals surface area contributed by atoms with Crippen LogP contribution in [0.4, 0.5) is 4.79 Å². The Hall–Kier alpha value is -2.33. The van der Waals surface area contributed by atoms with E-state index < -0.39 is 0 Å². The number of carbonyl (C=O) groups excluding carboxylic acids is 1. The zero-order valence-electron chi connectivity index (χ0n) is 13.6. The number of nitrogens with two attached hydrogens (primary N) is 1. The lowest BCUT2D eigenvalue weighted by molar-refractivity contribution is 0.142. The van der Waals surface area contributed by atoms with E-state index in [1.165, 1.54) is 22.3 Å². The summed E-state index contributed by atoms with van der Waals surface area (Å²) in [5.74, 6) is 1.20. The van der Waals surface area contributed by atoms with E-state index in [-0.39, 0.29) is 12.0 Å². The maximum Gasteiger partial charge on any atom is 0.407 e. The van der Waals surface area contributed by atoms with Gasteiger partial charge in [0.1, 0.15) is 6.61 Å². The van der Waals surface area contributed by atoms with Gasteiger partial charge >= 0.3 is 6.09 Å². The van der Waals surface area contributed by atoms with Crippen molar-refractivity contribution in [2.24, 2.45) is 17.6 Å². The van der Waals surface area contributed by atoms with Gasteiger partial charge in [-0.1, -0.05) is 48.5 Å². The lowest BCUT2D eigenvalue weighted by Gasteiger charge is -2.14. The molecule has 4 heteroatoms. The van der Waals surface area contributed by atoms with Crippen molar-refractivity contribution in [3.8, 4) is 11.1 Å². The molecule has 2 aliphatic carbocycles. The number of hydrogen-bond donors (Lipinski definition) is 2. The molecule has 1 fully saturated rings. The fourth-order valence-corrected chi connectivity index (χ4v) is 3.71. The second-order valence-electron chi connectivity index (χ2n) is 6.70. The number of carbonyl (C=O) groups is 1. The molecule has 0 bridgehead atoms. The molecular formula is C20H22N2O2. The molecule has 24 heavy (non-hydrogen) atoms. The van der Waals surface area contributed by atoms with Gasteiger partial charge in [0.2, 0.25) is 0 Å². The van der Waals surface area contributed by atoms with Gasteiger partial charge < -0.3 is 15.8 Å². The third-order valence-corrected chi connectivity index (χ3v) is 5.22. The van der Waals surface area contributed by atoms with E-state index in [2.05, 4.69) is 41.7 Å². The quantitative estimate of drug-likeness (QED) is 0.889. The van der Waals surface area contributed by atoms with Crippen molar-refractivity contribution in [2.45, 2.75) is 12.3 Å². The van der Waals surface area contributed by atoms with E-state index in [9.17, 15) is 4.79 Å². The lowest BCUT2D eigenvalue weighted by atomic mass is 9.98. The Morgan fingerprint density at radius 3 is 2.25 bits per heavy atom. The van der Waals surface area contributed by atoms with Crippen LogP contribution in [0.25, 0.3) is 11.1 Å². The summed E-state index contributed by atoms with van der Waals surface area (Å²) in [6, 6.07) is 16.7. The molecule has 1 amide bonds. The molecule has 0 aromatic heterocycles. The number of nitrogens with one attached hydrogen (secondary N) is 1. The smallest absolute Gasteiger partial charge is 0.407 e.